The minimum atomic E-state index is 0.548. The van der Waals surface area contributed by atoms with Crippen LogP contribution in [-0.4, -0.2) is 31.3 Å². The van der Waals surface area contributed by atoms with E-state index in [4.69, 9.17) is 5.26 Å². The molecule has 4 aromatic rings. The highest BCUT2D eigenvalue weighted by molar-refractivity contribution is 5.33. The summed E-state index contributed by atoms with van der Waals surface area (Å²) in [5, 5.41) is 17.5. The lowest BCUT2D eigenvalue weighted by Crippen LogP contribution is -2.28. The third-order valence-electron chi connectivity index (χ3n) is 5.09. The van der Waals surface area contributed by atoms with Crippen LogP contribution in [0.4, 0.5) is 5.95 Å². The van der Waals surface area contributed by atoms with Gasteiger partial charge in [0.1, 0.15) is 6.33 Å². The van der Waals surface area contributed by atoms with Gasteiger partial charge in [-0.25, -0.2) is 9.97 Å². The van der Waals surface area contributed by atoms with Gasteiger partial charge in [-0.05, 0) is 42.7 Å². The number of hydrogen-bond donors (Lipinski definition) is 0. The fourth-order valence-corrected chi connectivity index (χ4v) is 3.31. The minimum absolute atomic E-state index is 0.548. The van der Waals surface area contributed by atoms with E-state index in [1.807, 2.05) is 34.9 Å². The Morgan fingerprint density at radius 1 is 0.968 bits per heavy atom. The average Bonchev–Trinajstić information content (AvgIpc) is 3.25. The molecule has 0 saturated carbocycles. The Bertz CT molecular complexity index is 1140. The van der Waals surface area contributed by atoms with Crippen LogP contribution in [0.5, 0.6) is 0 Å². The molecule has 7 heteroatoms. The third-order valence-corrected chi connectivity index (χ3v) is 5.09. The van der Waals surface area contributed by atoms with Crippen molar-refractivity contribution in [3.05, 3.63) is 101 Å². The maximum absolute atomic E-state index is 8.99. The Morgan fingerprint density at radius 2 is 1.68 bits per heavy atom. The standard InChI is InChI=1S/C24H23N7/c1-19-3-5-20(6-4-19)11-14-30(24-26-12-2-13-27-24)17-23-29-28-18-31(23)16-22-9-7-21(15-25)8-10-22/h2-10,12-13,18H,11,14,16-17H2,1H3. The van der Waals surface area contributed by atoms with Crippen LogP contribution in [0.2, 0.25) is 0 Å². The number of rotatable bonds is 8. The zero-order valence-corrected chi connectivity index (χ0v) is 17.4. The van der Waals surface area contributed by atoms with E-state index >= 15 is 0 Å². The lowest BCUT2D eigenvalue weighted by Gasteiger charge is -2.22. The summed E-state index contributed by atoms with van der Waals surface area (Å²) in [4.78, 5) is 11.0. The van der Waals surface area contributed by atoms with Crippen molar-refractivity contribution < 1.29 is 0 Å². The first-order valence-electron chi connectivity index (χ1n) is 10.1. The van der Waals surface area contributed by atoms with Crippen molar-refractivity contribution in [1.82, 2.24) is 24.7 Å². The van der Waals surface area contributed by atoms with Gasteiger partial charge in [0.05, 0.1) is 24.7 Å². The predicted molar refractivity (Wildman–Crippen MR) is 118 cm³/mol. The molecule has 0 bridgehead atoms. The van der Waals surface area contributed by atoms with E-state index in [0.29, 0.717) is 24.6 Å². The van der Waals surface area contributed by atoms with Crippen LogP contribution in [-0.2, 0) is 19.5 Å². The average molecular weight is 409 g/mol. The lowest BCUT2D eigenvalue weighted by atomic mass is 10.1. The molecule has 0 spiro atoms. The molecule has 0 aliphatic heterocycles. The molecule has 0 N–H and O–H groups in total. The summed E-state index contributed by atoms with van der Waals surface area (Å²) in [7, 11) is 0. The molecule has 0 saturated heterocycles. The third kappa shape index (κ3) is 5.31. The van der Waals surface area contributed by atoms with Crippen molar-refractivity contribution in [2.45, 2.75) is 26.4 Å². The summed E-state index contributed by atoms with van der Waals surface area (Å²) >= 11 is 0. The van der Waals surface area contributed by atoms with E-state index in [1.165, 1.54) is 11.1 Å². The Kier molecular flexibility index (Phi) is 6.29. The second-order valence-electron chi connectivity index (χ2n) is 7.39. The van der Waals surface area contributed by atoms with Crippen molar-refractivity contribution in [1.29, 1.82) is 5.26 Å². The number of hydrogen-bond acceptors (Lipinski definition) is 6. The van der Waals surface area contributed by atoms with Gasteiger partial charge in [0, 0.05) is 18.9 Å². The number of aromatic nitrogens is 5. The van der Waals surface area contributed by atoms with Crippen molar-refractivity contribution in [2.75, 3.05) is 11.4 Å². The SMILES string of the molecule is Cc1ccc(CCN(Cc2nncn2Cc2ccc(C#N)cc2)c2ncccn2)cc1. The van der Waals surface area contributed by atoms with E-state index in [1.54, 1.807) is 18.7 Å². The number of benzene rings is 2. The highest BCUT2D eigenvalue weighted by Gasteiger charge is 2.15. The van der Waals surface area contributed by atoms with Gasteiger partial charge in [-0.15, -0.1) is 10.2 Å². The number of nitriles is 1. The van der Waals surface area contributed by atoms with E-state index in [2.05, 4.69) is 62.3 Å². The quantitative estimate of drug-likeness (QED) is 0.443. The van der Waals surface area contributed by atoms with Crippen LogP contribution in [0.1, 0.15) is 28.1 Å². The highest BCUT2D eigenvalue weighted by atomic mass is 15.3. The number of nitrogens with zero attached hydrogens (tertiary/aromatic N) is 7. The van der Waals surface area contributed by atoms with Gasteiger partial charge in [-0.2, -0.15) is 5.26 Å². The first kappa shape index (κ1) is 20.2. The zero-order chi connectivity index (χ0) is 21.5. The summed E-state index contributed by atoms with van der Waals surface area (Å²) in [5.41, 5.74) is 4.26. The van der Waals surface area contributed by atoms with E-state index < -0.39 is 0 Å². The van der Waals surface area contributed by atoms with Crippen LogP contribution in [0.15, 0.2) is 73.3 Å². The molecule has 31 heavy (non-hydrogen) atoms. The molecule has 2 aromatic carbocycles. The molecule has 0 unspecified atom stereocenters. The fourth-order valence-electron chi connectivity index (χ4n) is 3.31. The molecule has 0 radical (unpaired) electrons. The molecular formula is C24H23N7. The smallest absolute Gasteiger partial charge is 0.225 e. The molecule has 0 fully saturated rings. The molecular weight excluding hydrogens is 386 g/mol. The summed E-state index contributed by atoms with van der Waals surface area (Å²) in [6, 6.07) is 20.1. The van der Waals surface area contributed by atoms with Crippen LogP contribution < -0.4 is 4.90 Å². The predicted octanol–water partition coefficient (Wildman–Crippen LogP) is 3.55. The van der Waals surface area contributed by atoms with Crippen molar-refractivity contribution >= 4 is 5.95 Å². The van der Waals surface area contributed by atoms with Gasteiger partial charge < -0.3 is 9.47 Å². The highest BCUT2D eigenvalue weighted by Crippen LogP contribution is 2.14. The minimum Gasteiger partial charge on any atom is -0.333 e. The molecule has 2 heterocycles. The van der Waals surface area contributed by atoms with E-state index in [0.717, 1.165) is 24.4 Å². The molecule has 7 nitrogen and oxygen atoms in total. The summed E-state index contributed by atoms with van der Waals surface area (Å²) in [5.74, 6) is 1.50. The Labute approximate surface area is 181 Å². The summed E-state index contributed by atoms with van der Waals surface area (Å²) in [6.07, 6.45) is 6.12. The Balaban J connectivity index is 1.51. The maximum atomic E-state index is 8.99. The van der Waals surface area contributed by atoms with Crippen molar-refractivity contribution in [3.63, 3.8) is 0 Å². The monoisotopic (exact) mass is 409 g/mol. The van der Waals surface area contributed by atoms with Gasteiger partial charge in [-0.1, -0.05) is 42.0 Å². The first-order chi connectivity index (χ1) is 15.2. The molecule has 4 rings (SSSR count). The van der Waals surface area contributed by atoms with Gasteiger partial charge in [-0.3, -0.25) is 0 Å². The van der Waals surface area contributed by atoms with Gasteiger partial charge >= 0.3 is 0 Å². The maximum Gasteiger partial charge on any atom is 0.225 e. The first-order valence-corrected chi connectivity index (χ1v) is 10.1. The van der Waals surface area contributed by atoms with Crippen molar-refractivity contribution in [2.24, 2.45) is 0 Å². The van der Waals surface area contributed by atoms with Crippen molar-refractivity contribution in [3.8, 4) is 6.07 Å². The molecule has 154 valence electrons. The fraction of sp³-hybridized carbons (Fsp3) is 0.208. The second kappa shape index (κ2) is 9.63. The number of aryl methyl sites for hydroxylation is 1. The second-order valence-corrected chi connectivity index (χ2v) is 7.39. The number of anilines is 1. The van der Waals surface area contributed by atoms with Crippen LogP contribution >= 0.6 is 0 Å². The molecule has 0 atom stereocenters. The van der Waals surface area contributed by atoms with E-state index in [-0.39, 0.29) is 0 Å². The Hall–Kier alpha value is -4.05. The Morgan fingerprint density at radius 3 is 2.39 bits per heavy atom. The molecule has 0 aliphatic rings. The van der Waals surface area contributed by atoms with Crippen LogP contribution in [0.25, 0.3) is 0 Å². The zero-order valence-electron chi connectivity index (χ0n) is 17.4. The summed E-state index contributed by atoms with van der Waals surface area (Å²) in [6.45, 7) is 4.03. The molecule has 0 amide bonds. The molecule has 0 aliphatic carbocycles. The largest absolute Gasteiger partial charge is 0.333 e. The van der Waals surface area contributed by atoms with Crippen LogP contribution in [0.3, 0.4) is 0 Å². The van der Waals surface area contributed by atoms with Gasteiger partial charge in [0.2, 0.25) is 5.95 Å². The normalized spacial score (nSPS) is 10.6. The van der Waals surface area contributed by atoms with Gasteiger partial charge in [0.15, 0.2) is 5.82 Å². The van der Waals surface area contributed by atoms with Crippen LogP contribution in [0, 0.1) is 18.3 Å². The van der Waals surface area contributed by atoms with E-state index in [9.17, 15) is 0 Å². The topological polar surface area (TPSA) is 83.5 Å². The summed E-state index contributed by atoms with van der Waals surface area (Å²) < 4.78 is 2.02. The van der Waals surface area contributed by atoms with Gasteiger partial charge in [0.25, 0.3) is 0 Å². The molecule has 2 aromatic heterocycles. The lowest BCUT2D eigenvalue weighted by molar-refractivity contribution is 0.666.